The van der Waals surface area contributed by atoms with Crippen molar-refractivity contribution in [3.63, 3.8) is 0 Å². The molecular weight excluding hydrogens is 973 g/mol. The Bertz CT molecular complexity index is 4990. The Kier molecular flexibility index (Phi) is 10.2. The number of rotatable bonds is 5. The summed E-state index contributed by atoms with van der Waals surface area (Å²) in [7, 11) is 2.09. The van der Waals surface area contributed by atoms with E-state index < -0.39 is 5.41 Å². The molecule has 0 unspecified atom stereocenters. The van der Waals surface area contributed by atoms with Gasteiger partial charge >= 0.3 is 0 Å². The molecule has 0 fully saturated rings. The minimum absolute atomic E-state index is 0.499. The van der Waals surface area contributed by atoms with Crippen LogP contribution in [-0.4, -0.2) is 7.05 Å². The van der Waals surface area contributed by atoms with Crippen LogP contribution in [0.2, 0.25) is 0 Å². The molecule has 2 aliphatic carbocycles. The zero-order valence-corrected chi connectivity index (χ0v) is 44.5. The number of hydrogen-bond donors (Lipinski definition) is 0. The lowest BCUT2D eigenvalue weighted by Crippen LogP contribution is -2.26. The third-order valence-electron chi connectivity index (χ3n) is 17.4. The summed E-state index contributed by atoms with van der Waals surface area (Å²) in [5.41, 5.74) is 21.8. The number of anilines is 5. The molecule has 80 heavy (non-hydrogen) atoms. The zero-order chi connectivity index (χ0) is 53.2. The van der Waals surface area contributed by atoms with Crippen molar-refractivity contribution in [3.8, 4) is 22.3 Å². The summed E-state index contributed by atoms with van der Waals surface area (Å²) in [6.45, 7) is 4.32. The first-order valence-corrected chi connectivity index (χ1v) is 27.6. The molecule has 1 spiro atoms. The van der Waals surface area contributed by atoms with E-state index in [2.05, 4.69) is 273 Å². The summed E-state index contributed by atoms with van der Waals surface area (Å²) < 4.78 is 12.8. The first kappa shape index (κ1) is 46.0. The van der Waals surface area contributed by atoms with Crippen molar-refractivity contribution < 1.29 is 8.83 Å². The van der Waals surface area contributed by atoms with Gasteiger partial charge in [0.05, 0.1) is 16.8 Å². The second kappa shape index (κ2) is 17.7. The number of fused-ring (bicyclic) bond motifs is 22. The van der Waals surface area contributed by atoms with Crippen molar-refractivity contribution in [3.05, 3.63) is 294 Å². The summed E-state index contributed by atoms with van der Waals surface area (Å²) >= 11 is 0. The predicted octanol–water partition coefficient (Wildman–Crippen LogP) is 20.8. The number of furan rings is 2. The van der Waals surface area contributed by atoms with E-state index in [0.29, 0.717) is 0 Å². The molecule has 2 heterocycles. The Hall–Kier alpha value is -10.2. The molecule has 2 aromatic heterocycles. The maximum atomic E-state index is 6.69. The monoisotopic (exact) mass is 1020 g/mol. The summed E-state index contributed by atoms with van der Waals surface area (Å²) in [6, 6.07) is 94.8. The van der Waals surface area contributed by atoms with Gasteiger partial charge in [0.15, 0.2) is 11.2 Å². The average Bonchev–Trinajstić information content (AvgIpc) is 3.90. The lowest BCUT2D eigenvalue weighted by molar-refractivity contribution is 0.668. The topological polar surface area (TPSA) is 32.8 Å². The van der Waals surface area contributed by atoms with Crippen LogP contribution in [0.5, 0.6) is 0 Å². The predicted molar refractivity (Wildman–Crippen MR) is 335 cm³/mol. The number of para-hydroxylation sites is 6. The number of nitrogens with zero attached hydrogens (tertiary/aromatic N) is 2. The smallest absolute Gasteiger partial charge is 0.159 e. The largest absolute Gasteiger partial charge is 0.454 e. The van der Waals surface area contributed by atoms with E-state index in [1.54, 1.807) is 0 Å². The number of aryl methyl sites for hydroxylation is 2. The molecule has 0 aliphatic heterocycles. The third-order valence-corrected chi connectivity index (χ3v) is 17.4. The van der Waals surface area contributed by atoms with Gasteiger partial charge in [-0.2, -0.15) is 0 Å². The van der Waals surface area contributed by atoms with Crippen molar-refractivity contribution in [2.45, 2.75) is 19.3 Å². The highest BCUT2D eigenvalue weighted by Gasteiger charge is 2.53. The highest BCUT2D eigenvalue weighted by molar-refractivity contribution is 6.21. The molecule has 0 bridgehead atoms. The molecule has 0 amide bonds. The van der Waals surface area contributed by atoms with Gasteiger partial charge in [-0.3, -0.25) is 0 Å². The van der Waals surface area contributed by atoms with Crippen LogP contribution in [-0.2, 0) is 5.41 Å². The summed E-state index contributed by atoms with van der Waals surface area (Å²) in [5.74, 6) is 0. The molecule has 2 aliphatic rings. The van der Waals surface area contributed by atoms with Crippen LogP contribution in [0.1, 0.15) is 33.4 Å². The van der Waals surface area contributed by atoms with Crippen molar-refractivity contribution in [2.75, 3.05) is 16.8 Å². The summed E-state index contributed by atoms with van der Waals surface area (Å²) in [6.07, 6.45) is 0. The summed E-state index contributed by atoms with van der Waals surface area (Å²) in [5, 5.41) is 12.2. The van der Waals surface area contributed by atoms with E-state index in [1.807, 2.05) is 18.2 Å². The van der Waals surface area contributed by atoms with Crippen molar-refractivity contribution in [1.29, 1.82) is 0 Å². The molecule has 0 saturated heterocycles. The van der Waals surface area contributed by atoms with Crippen molar-refractivity contribution in [1.82, 2.24) is 0 Å². The van der Waals surface area contributed by atoms with Crippen LogP contribution < -0.4 is 9.80 Å². The standard InChI is InChI=1S/C56H35NO.C20H17NO/c1-34-15-2-12-26-50(34)57(51-27-14-23-45-42-20-9-13-28-52(42)58-55(45)51)37-30-29-35-32-46-49(33-36(35)31-37)56(47-24-10-7-18-40(47)41-19-8-11-25-48(41)56)54-44-22-6-4-17-39(44)38-16-3-5-21-43(38)53(46)54;1-14-8-3-5-11-17(14)21(2)18-12-7-10-16-15-9-4-6-13-19(15)22-20(16)18/h2-33H,1H3;3-13H,1-2H3. The molecule has 378 valence electrons. The quantitative estimate of drug-likeness (QED) is 0.161. The highest BCUT2D eigenvalue weighted by atomic mass is 16.3. The average molecular weight is 1030 g/mol. The fourth-order valence-corrected chi connectivity index (χ4v) is 13.9. The Morgan fingerprint density at radius 3 is 1.44 bits per heavy atom. The highest BCUT2D eigenvalue weighted by Crippen LogP contribution is 2.66. The van der Waals surface area contributed by atoms with E-state index in [4.69, 9.17) is 8.83 Å². The lowest BCUT2D eigenvalue weighted by Gasteiger charge is -2.32. The van der Waals surface area contributed by atoms with Gasteiger partial charge < -0.3 is 18.6 Å². The second-order valence-electron chi connectivity index (χ2n) is 21.6. The van der Waals surface area contributed by atoms with E-state index in [-0.39, 0.29) is 0 Å². The van der Waals surface area contributed by atoms with Gasteiger partial charge in [-0.15, -0.1) is 0 Å². The van der Waals surface area contributed by atoms with Crippen LogP contribution in [0.15, 0.2) is 270 Å². The number of hydrogen-bond acceptors (Lipinski definition) is 4. The maximum Gasteiger partial charge on any atom is 0.159 e. The second-order valence-corrected chi connectivity index (χ2v) is 21.6. The normalized spacial score (nSPS) is 12.8. The molecular formula is C76H52N2O2. The minimum atomic E-state index is -0.499. The van der Waals surface area contributed by atoms with Gasteiger partial charge in [-0.25, -0.2) is 0 Å². The van der Waals surface area contributed by atoms with E-state index >= 15 is 0 Å². The molecule has 4 nitrogen and oxygen atoms in total. The molecule has 4 heteroatoms. The molecule has 13 aromatic carbocycles. The van der Waals surface area contributed by atoms with Gasteiger partial charge in [-0.05, 0) is 162 Å². The zero-order valence-electron chi connectivity index (χ0n) is 44.5. The van der Waals surface area contributed by atoms with Crippen LogP contribution in [0.4, 0.5) is 28.4 Å². The van der Waals surface area contributed by atoms with E-state index in [0.717, 1.165) is 66.6 Å². The Balaban J connectivity index is 0.000000202. The molecule has 0 radical (unpaired) electrons. The van der Waals surface area contributed by atoms with E-state index in [1.165, 1.54) is 93.6 Å². The van der Waals surface area contributed by atoms with Gasteiger partial charge in [0.25, 0.3) is 0 Å². The Morgan fingerprint density at radius 2 is 0.800 bits per heavy atom. The molecule has 0 atom stereocenters. The third kappa shape index (κ3) is 6.57. The fourth-order valence-electron chi connectivity index (χ4n) is 13.9. The van der Waals surface area contributed by atoms with Crippen LogP contribution in [0.25, 0.3) is 98.4 Å². The first-order valence-electron chi connectivity index (χ1n) is 27.6. The Morgan fingerprint density at radius 1 is 0.325 bits per heavy atom. The SMILES string of the molecule is Cc1ccccc1N(C)c1cccc2c1oc1ccccc12.Cc1ccccc1N(c1ccc2cc3c(cc2c1)C1(c2ccccc2-c2ccccc21)c1c-3c2ccccc2c2ccccc12)c1cccc2c1oc1ccccc12. The van der Waals surface area contributed by atoms with Gasteiger partial charge in [-0.1, -0.05) is 200 Å². The van der Waals surface area contributed by atoms with Crippen LogP contribution in [0.3, 0.4) is 0 Å². The van der Waals surface area contributed by atoms with Crippen LogP contribution in [0, 0.1) is 13.8 Å². The molecule has 15 aromatic rings. The van der Waals surface area contributed by atoms with Gasteiger partial charge in [0.2, 0.25) is 0 Å². The molecule has 0 saturated carbocycles. The first-order chi connectivity index (χ1) is 39.5. The minimum Gasteiger partial charge on any atom is -0.454 e. The lowest BCUT2D eigenvalue weighted by atomic mass is 9.69. The molecule has 0 N–H and O–H groups in total. The van der Waals surface area contributed by atoms with Gasteiger partial charge in [0.1, 0.15) is 11.2 Å². The van der Waals surface area contributed by atoms with Crippen molar-refractivity contribution >= 4 is 105 Å². The fraction of sp³-hybridized carbons (Fsp3) is 0.0526. The van der Waals surface area contributed by atoms with Crippen molar-refractivity contribution in [2.24, 2.45) is 0 Å². The maximum absolute atomic E-state index is 6.69. The Labute approximate surface area is 463 Å². The van der Waals surface area contributed by atoms with E-state index in [9.17, 15) is 0 Å². The summed E-state index contributed by atoms with van der Waals surface area (Å²) in [4.78, 5) is 4.58. The van der Waals surface area contributed by atoms with Crippen LogP contribution >= 0.6 is 0 Å². The van der Waals surface area contributed by atoms with Gasteiger partial charge in [0, 0.05) is 45.7 Å². The molecule has 17 rings (SSSR count). The number of benzene rings is 13.